The minimum atomic E-state index is 0.172. The van der Waals surface area contributed by atoms with Gasteiger partial charge in [-0.2, -0.15) is 0 Å². The minimum absolute atomic E-state index is 0.172. The van der Waals surface area contributed by atoms with Crippen LogP contribution >= 0.6 is 23.2 Å². The van der Waals surface area contributed by atoms with Crippen LogP contribution in [0.2, 0.25) is 10.0 Å². The van der Waals surface area contributed by atoms with E-state index in [-0.39, 0.29) is 5.91 Å². The Hall–Kier alpha value is -2.67. The number of carbonyl (C=O) groups excluding carboxylic acids is 1. The fraction of sp³-hybridized carbons (Fsp3) is 0.292. The molecule has 1 aliphatic rings. The Morgan fingerprint density at radius 3 is 2.41 bits per heavy atom. The van der Waals surface area contributed by atoms with Crippen LogP contribution < -0.4 is 5.73 Å². The summed E-state index contributed by atoms with van der Waals surface area (Å²) in [6.45, 7) is 3.59. The van der Waals surface area contributed by atoms with Gasteiger partial charge >= 0.3 is 0 Å². The number of amides is 1. The van der Waals surface area contributed by atoms with Crippen LogP contribution in [0.5, 0.6) is 0 Å². The molecule has 8 heteroatoms. The third-order valence-corrected chi connectivity index (χ3v) is 6.13. The topological polar surface area (TPSA) is 75.3 Å². The molecule has 2 N–H and O–H groups in total. The number of nitrogen functional groups attached to an aromatic ring is 1. The van der Waals surface area contributed by atoms with Gasteiger partial charge in [0.1, 0.15) is 5.82 Å². The molecule has 0 radical (unpaired) electrons. The van der Waals surface area contributed by atoms with Crippen LogP contribution in [0.25, 0.3) is 11.1 Å². The maximum absolute atomic E-state index is 12.6. The maximum Gasteiger partial charge on any atom is 0.223 e. The monoisotopic (exact) mass is 469 g/mol. The number of piperazine rings is 1. The zero-order valence-corrected chi connectivity index (χ0v) is 19.2. The summed E-state index contributed by atoms with van der Waals surface area (Å²) in [6.07, 6.45) is 4.60. The lowest BCUT2D eigenvalue weighted by atomic mass is 10.00. The summed E-state index contributed by atoms with van der Waals surface area (Å²) < 4.78 is 0. The number of anilines is 1. The van der Waals surface area contributed by atoms with Crippen molar-refractivity contribution in [3.63, 3.8) is 0 Å². The first kappa shape index (κ1) is 22.5. The summed E-state index contributed by atoms with van der Waals surface area (Å²) in [5, 5.41) is 1.15. The SMILES string of the molecule is Nc1nccc(-c2cc(Cl)cc(Cl)c2)c1CN1CCN(C(=O)CCc2ccccn2)CC1. The Morgan fingerprint density at radius 1 is 0.969 bits per heavy atom. The molecule has 0 spiro atoms. The maximum atomic E-state index is 12.6. The summed E-state index contributed by atoms with van der Waals surface area (Å²) >= 11 is 12.4. The molecule has 6 nitrogen and oxygen atoms in total. The van der Waals surface area contributed by atoms with E-state index in [1.54, 1.807) is 18.5 Å². The molecule has 1 fully saturated rings. The molecule has 0 unspecified atom stereocenters. The zero-order valence-electron chi connectivity index (χ0n) is 17.7. The van der Waals surface area contributed by atoms with Crippen LogP contribution in [0, 0.1) is 0 Å². The third-order valence-electron chi connectivity index (χ3n) is 5.69. The second-order valence-corrected chi connectivity index (χ2v) is 8.73. The van der Waals surface area contributed by atoms with E-state index in [0.29, 0.717) is 48.3 Å². The van der Waals surface area contributed by atoms with Crippen molar-refractivity contribution in [1.82, 2.24) is 19.8 Å². The van der Waals surface area contributed by atoms with E-state index in [2.05, 4.69) is 14.9 Å². The highest BCUT2D eigenvalue weighted by atomic mass is 35.5. The van der Waals surface area contributed by atoms with Crippen LogP contribution in [0.15, 0.2) is 54.9 Å². The quantitative estimate of drug-likeness (QED) is 0.581. The second kappa shape index (κ2) is 10.3. The molecule has 0 atom stereocenters. The molecule has 1 amide bonds. The molecule has 0 bridgehead atoms. The number of rotatable bonds is 6. The second-order valence-electron chi connectivity index (χ2n) is 7.86. The fourth-order valence-corrected chi connectivity index (χ4v) is 4.50. The molecule has 4 rings (SSSR count). The van der Waals surface area contributed by atoms with Crippen LogP contribution in [0.1, 0.15) is 17.7 Å². The molecule has 166 valence electrons. The molecule has 3 heterocycles. The predicted molar refractivity (Wildman–Crippen MR) is 129 cm³/mol. The molecule has 32 heavy (non-hydrogen) atoms. The lowest BCUT2D eigenvalue weighted by molar-refractivity contribution is -0.133. The van der Waals surface area contributed by atoms with Crippen molar-refractivity contribution in [2.24, 2.45) is 0 Å². The van der Waals surface area contributed by atoms with E-state index < -0.39 is 0 Å². The van der Waals surface area contributed by atoms with Crippen LogP contribution in [0.4, 0.5) is 5.82 Å². The Labute approximate surface area is 198 Å². The van der Waals surface area contributed by atoms with Crippen molar-refractivity contribution in [2.75, 3.05) is 31.9 Å². The predicted octanol–water partition coefficient (Wildman–Crippen LogP) is 4.31. The van der Waals surface area contributed by atoms with Crippen LogP contribution in [0.3, 0.4) is 0 Å². The van der Waals surface area contributed by atoms with Gasteiger partial charge < -0.3 is 10.6 Å². The van der Waals surface area contributed by atoms with E-state index in [9.17, 15) is 4.79 Å². The first-order valence-electron chi connectivity index (χ1n) is 10.6. The molecule has 2 aromatic heterocycles. The summed E-state index contributed by atoms with van der Waals surface area (Å²) in [5.41, 5.74) is 10.0. The third kappa shape index (κ3) is 5.57. The molecule has 0 aliphatic carbocycles. The van der Waals surface area contributed by atoms with Crippen molar-refractivity contribution in [3.8, 4) is 11.1 Å². The van der Waals surface area contributed by atoms with Gasteiger partial charge in [0.05, 0.1) is 0 Å². The number of pyridine rings is 2. The number of benzene rings is 1. The number of carbonyl (C=O) groups is 1. The van der Waals surface area contributed by atoms with Gasteiger partial charge in [0, 0.05) is 72.8 Å². The summed E-state index contributed by atoms with van der Waals surface area (Å²) in [6, 6.07) is 13.2. The average molecular weight is 470 g/mol. The highest BCUT2D eigenvalue weighted by Crippen LogP contribution is 2.32. The average Bonchev–Trinajstić information content (AvgIpc) is 2.79. The van der Waals surface area contributed by atoms with Gasteiger partial charge in [0.2, 0.25) is 5.91 Å². The van der Waals surface area contributed by atoms with Gasteiger partial charge in [-0.15, -0.1) is 0 Å². The Morgan fingerprint density at radius 2 is 1.72 bits per heavy atom. The van der Waals surface area contributed by atoms with E-state index in [1.807, 2.05) is 41.3 Å². The van der Waals surface area contributed by atoms with Crippen molar-refractivity contribution in [3.05, 3.63) is 76.2 Å². The Kier molecular flexibility index (Phi) is 7.25. The smallest absolute Gasteiger partial charge is 0.223 e. The summed E-state index contributed by atoms with van der Waals surface area (Å²) in [5.74, 6) is 0.665. The number of halogens is 2. The van der Waals surface area contributed by atoms with Crippen molar-refractivity contribution >= 4 is 34.9 Å². The van der Waals surface area contributed by atoms with E-state index in [1.165, 1.54) is 0 Å². The lowest BCUT2D eigenvalue weighted by Gasteiger charge is -2.35. The van der Waals surface area contributed by atoms with Gasteiger partial charge in [-0.05, 0) is 53.9 Å². The van der Waals surface area contributed by atoms with Gasteiger partial charge in [0.25, 0.3) is 0 Å². The standard InChI is InChI=1S/C24H25Cl2N5O/c25-18-13-17(14-19(26)15-18)21-6-8-29-24(27)22(21)16-30-9-11-31(12-10-30)23(32)5-4-20-3-1-2-7-28-20/h1-3,6-8,13-15H,4-5,9-12,16H2,(H2,27,29). The fourth-order valence-electron chi connectivity index (χ4n) is 3.97. The summed E-state index contributed by atoms with van der Waals surface area (Å²) in [7, 11) is 0. The molecular formula is C24H25Cl2N5O. The lowest BCUT2D eigenvalue weighted by Crippen LogP contribution is -2.48. The van der Waals surface area contributed by atoms with Gasteiger partial charge in [-0.25, -0.2) is 4.98 Å². The highest BCUT2D eigenvalue weighted by Gasteiger charge is 2.23. The van der Waals surface area contributed by atoms with Gasteiger partial charge in [0.15, 0.2) is 0 Å². The van der Waals surface area contributed by atoms with Crippen molar-refractivity contribution in [1.29, 1.82) is 0 Å². The zero-order chi connectivity index (χ0) is 22.5. The Bertz CT molecular complexity index is 1060. The number of hydrogen-bond acceptors (Lipinski definition) is 5. The first-order chi connectivity index (χ1) is 15.5. The number of aromatic nitrogens is 2. The Balaban J connectivity index is 1.39. The minimum Gasteiger partial charge on any atom is -0.383 e. The van der Waals surface area contributed by atoms with Crippen molar-refractivity contribution < 1.29 is 4.79 Å². The molecule has 1 saturated heterocycles. The largest absolute Gasteiger partial charge is 0.383 e. The molecule has 3 aromatic rings. The highest BCUT2D eigenvalue weighted by molar-refractivity contribution is 6.35. The normalized spacial score (nSPS) is 14.5. The van der Waals surface area contributed by atoms with E-state index in [0.717, 1.165) is 35.5 Å². The molecule has 1 aromatic carbocycles. The van der Waals surface area contributed by atoms with Crippen LogP contribution in [-0.4, -0.2) is 51.9 Å². The van der Waals surface area contributed by atoms with Gasteiger partial charge in [-0.1, -0.05) is 29.3 Å². The number of aryl methyl sites for hydroxylation is 1. The molecule has 0 saturated carbocycles. The van der Waals surface area contributed by atoms with E-state index >= 15 is 0 Å². The number of nitrogens with two attached hydrogens (primary N) is 1. The molecule has 1 aliphatic heterocycles. The molecular weight excluding hydrogens is 445 g/mol. The number of nitrogens with zero attached hydrogens (tertiary/aromatic N) is 4. The summed E-state index contributed by atoms with van der Waals surface area (Å²) in [4.78, 5) is 25.4. The van der Waals surface area contributed by atoms with Gasteiger partial charge in [-0.3, -0.25) is 14.7 Å². The van der Waals surface area contributed by atoms with Crippen LogP contribution in [-0.2, 0) is 17.8 Å². The first-order valence-corrected chi connectivity index (χ1v) is 11.3. The van der Waals surface area contributed by atoms with E-state index in [4.69, 9.17) is 28.9 Å². The number of hydrogen-bond donors (Lipinski definition) is 1. The van der Waals surface area contributed by atoms with Crippen molar-refractivity contribution in [2.45, 2.75) is 19.4 Å².